The van der Waals surface area contributed by atoms with Crippen LogP contribution in [0.2, 0.25) is 0 Å². The molecule has 1 aromatic rings. The Morgan fingerprint density at radius 3 is 2.15 bits per heavy atom. The van der Waals surface area contributed by atoms with Crippen LogP contribution in [0.1, 0.15) is 41.8 Å². The zero-order chi connectivity index (χ0) is 20.4. The summed E-state index contributed by atoms with van der Waals surface area (Å²) in [5.74, 6) is 0.215. The Morgan fingerprint density at radius 2 is 1.63 bits per heavy atom. The van der Waals surface area contributed by atoms with E-state index in [2.05, 4.69) is 4.72 Å². The first kappa shape index (κ1) is 21.4. The second-order valence-electron chi connectivity index (χ2n) is 7.39. The number of sulfonamides is 1. The van der Waals surface area contributed by atoms with E-state index in [0.29, 0.717) is 49.6 Å². The van der Waals surface area contributed by atoms with Gasteiger partial charge < -0.3 is 9.80 Å². The molecular formula is C19H29N3O4S. The maximum Gasteiger partial charge on any atom is 0.254 e. The predicted molar refractivity (Wildman–Crippen MR) is 104 cm³/mol. The highest BCUT2D eigenvalue weighted by Crippen LogP contribution is 2.22. The monoisotopic (exact) mass is 395 g/mol. The van der Waals surface area contributed by atoms with Crippen molar-refractivity contribution in [2.24, 2.45) is 5.92 Å². The molecule has 0 aliphatic carbocycles. The molecule has 1 saturated heterocycles. The minimum atomic E-state index is -3.64. The van der Waals surface area contributed by atoms with Crippen molar-refractivity contribution < 1.29 is 18.0 Å². The van der Waals surface area contributed by atoms with Crippen molar-refractivity contribution in [1.82, 2.24) is 14.5 Å². The van der Waals surface area contributed by atoms with Gasteiger partial charge in [-0.3, -0.25) is 9.59 Å². The average molecular weight is 396 g/mol. The van der Waals surface area contributed by atoms with E-state index in [4.69, 9.17) is 0 Å². The number of nitrogens with one attached hydrogen (secondary N) is 1. The quantitative estimate of drug-likeness (QED) is 0.819. The summed E-state index contributed by atoms with van der Waals surface area (Å²) in [7, 11) is -2.29. The van der Waals surface area contributed by atoms with Gasteiger partial charge in [-0.05, 0) is 50.1 Å². The first-order chi connectivity index (χ1) is 12.6. The van der Waals surface area contributed by atoms with Crippen molar-refractivity contribution in [1.29, 1.82) is 0 Å². The van der Waals surface area contributed by atoms with Crippen LogP contribution in [0.4, 0.5) is 0 Å². The molecule has 1 aliphatic rings. The molecular weight excluding hydrogens is 366 g/mol. The SMILES string of the molecule is CNS(=O)(=O)c1cc(C(=O)N2CCN(C(=O)CC(C)C)CC2)cc(C)c1C. The molecule has 2 rings (SSSR count). The summed E-state index contributed by atoms with van der Waals surface area (Å²) >= 11 is 0. The summed E-state index contributed by atoms with van der Waals surface area (Å²) in [6.07, 6.45) is 0.510. The number of amides is 2. The molecule has 0 bridgehead atoms. The second kappa shape index (κ2) is 8.39. The number of benzene rings is 1. The van der Waals surface area contributed by atoms with E-state index in [1.54, 1.807) is 29.7 Å². The van der Waals surface area contributed by atoms with Gasteiger partial charge in [0.15, 0.2) is 0 Å². The van der Waals surface area contributed by atoms with Gasteiger partial charge in [-0.1, -0.05) is 13.8 Å². The van der Waals surface area contributed by atoms with E-state index < -0.39 is 10.0 Å². The molecule has 0 aromatic heterocycles. The maximum atomic E-state index is 12.9. The highest BCUT2D eigenvalue weighted by atomic mass is 32.2. The van der Waals surface area contributed by atoms with Crippen molar-refractivity contribution in [2.75, 3.05) is 33.2 Å². The van der Waals surface area contributed by atoms with Crippen LogP contribution in [-0.4, -0.2) is 63.3 Å². The summed E-state index contributed by atoms with van der Waals surface area (Å²) in [5, 5.41) is 0. The zero-order valence-electron chi connectivity index (χ0n) is 16.7. The Balaban J connectivity index is 2.17. The Kier molecular flexibility index (Phi) is 6.64. The van der Waals surface area contributed by atoms with Crippen molar-refractivity contribution in [3.8, 4) is 0 Å². The third-order valence-corrected chi connectivity index (χ3v) is 6.47. The summed E-state index contributed by atoms with van der Waals surface area (Å²) in [4.78, 5) is 28.7. The first-order valence-electron chi connectivity index (χ1n) is 9.18. The van der Waals surface area contributed by atoms with Gasteiger partial charge >= 0.3 is 0 Å². The van der Waals surface area contributed by atoms with E-state index in [9.17, 15) is 18.0 Å². The van der Waals surface area contributed by atoms with Crippen LogP contribution in [0, 0.1) is 19.8 Å². The van der Waals surface area contributed by atoms with Crippen LogP contribution in [-0.2, 0) is 14.8 Å². The molecule has 2 amide bonds. The van der Waals surface area contributed by atoms with Crippen LogP contribution < -0.4 is 4.72 Å². The lowest BCUT2D eigenvalue weighted by Crippen LogP contribution is -2.50. The number of piperazine rings is 1. The summed E-state index contributed by atoms with van der Waals surface area (Å²) in [6.45, 7) is 9.44. The smallest absolute Gasteiger partial charge is 0.254 e. The van der Waals surface area contributed by atoms with Crippen LogP contribution in [0.15, 0.2) is 17.0 Å². The van der Waals surface area contributed by atoms with Crippen LogP contribution >= 0.6 is 0 Å². The van der Waals surface area contributed by atoms with Gasteiger partial charge in [-0.2, -0.15) is 0 Å². The Labute approximate surface area is 161 Å². The van der Waals surface area contributed by atoms with E-state index in [1.165, 1.54) is 13.1 Å². The van der Waals surface area contributed by atoms with Gasteiger partial charge in [-0.15, -0.1) is 0 Å². The van der Waals surface area contributed by atoms with E-state index >= 15 is 0 Å². The molecule has 27 heavy (non-hydrogen) atoms. The molecule has 0 saturated carbocycles. The number of hydrogen-bond donors (Lipinski definition) is 1. The lowest BCUT2D eigenvalue weighted by atomic mass is 10.0. The lowest BCUT2D eigenvalue weighted by molar-refractivity contribution is -0.133. The van der Waals surface area contributed by atoms with Crippen LogP contribution in [0.25, 0.3) is 0 Å². The number of carbonyl (C=O) groups excluding carboxylic acids is 2. The summed E-state index contributed by atoms with van der Waals surface area (Å²) in [5.41, 5.74) is 1.74. The molecule has 1 aromatic carbocycles. The minimum Gasteiger partial charge on any atom is -0.339 e. The Morgan fingerprint density at radius 1 is 1.07 bits per heavy atom. The molecule has 1 fully saturated rings. The number of hydrogen-bond acceptors (Lipinski definition) is 4. The summed E-state index contributed by atoms with van der Waals surface area (Å²) in [6, 6.07) is 3.16. The van der Waals surface area contributed by atoms with E-state index in [1.807, 2.05) is 13.8 Å². The first-order valence-corrected chi connectivity index (χ1v) is 10.7. The molecule has 0 radical (unpaired) electrons. The van der Waals surface area contributed by atoms with Gasteiger partial charge in [0.2, 0.25) is 15.9 Å². The van der Waals surface area contributed by atoms with Crippen LogP contribution in [0.3, 0.4) is 0 Å². The second-order valence-corrected chi connectivity index (χ2v) is 9.25. The van der Waals surface area contributed by atoms with E-state index in [-0.39, 0.29) is 16.7 Å². The fourth-order valence-electron chi connectivity index (χ4n) is 3.16. The number of aryl methyl sites for hydroxylation is 1. The third kappa shape index (κ3) is 4.87. The van der Waals surface area contributed by atoms with Gasteiger partial charge in [0.1, 0.15) is 0 Å². The molecule has 8 heteroatoms. The highest BCUT2D eigenvalue weighted by molar-refractivity contribution is 7.89. The lowest BCUT2D eigenvalue weighted by Gasteiger charge is -2.35. The molecule has 0 unspecified atom stereocenters. The molecule has 0 spiro atoms. The molecule has 1 aliphatic heterocycles. The molecule has 0 atom stereocenters. The van der Waals surface area contributed by atoms with Crippen molar-refractivity contribution in [2.45, 2.75) is 39.0 Å². The van der Waals surface area contributed by atoms with Crippen molar-refractivity contribution >= 4 is 21.8 Å². The van der Waals surface area contributed by atoms with Gasteiger partial charge in [-0.25, -0.2) is 13.1 Å². The van der Waals surface area contributed by atoms with Gasteiger partial charge in [0.25, 0.3) is 5.91 Å². The minimum absolute atomic E-state index is 0.116. The summed E-state index contributed by atoms with van der Waals surface area (Å²) < 4.78 is 26.8. The Hall–Kier alpha value is -1.93. The van der Waals surface area contributed by atoms with Gasteiger partial charge in [0, 0.05) is 38.2 Å². The topological polar surface area (TPSA) is 86.8 Å². The molecule has 1 heterocycles. The van der Waals surface area contributed by atoms with Crippen LogP contribution in [0.5, 0.6) is 0 Å². The fourth-order valence-corrected chi connectivity index (χ4v) is 4.23. The van der Waals surface area contributed by atoms with Crippen molar-refractivity contribution in [3.63, 3.8) is 0 Å². The normalized spacial score (nSPS) is 15.3. The standard InChI is InChI=1S/C19H29N3O4S/c1-13(2)10-18(23)21-6-8-22(9-7-21)19(24)16-11-14(3)15(4)17(12-16)27(25,26)20-5/h11-13,20H,6-10H2,1-5H3. The van der Waals surface area contributed by atoms with Crippen molar-refractivity contribution in [3.05, 3.63) is 28.8 Å². The molecule has 150 valence electrons. The number of rotatable bonds is 5. The average Bonchev–Trinajstić information content (AvgIpc) is 2.62. The maximum absolute atomic E-state index is 12.9. The van der Waals surface area contributed by atoms with E-state index in [0.717, 1.165) is 5.56 Å². The number of carbonyl (C=O) groups is 2. The molecule has 1 N–H and O–H groups in total. The largest absolute Gasteiger partial charge is 0.339 e. The molecule has 7 nitrogen and oxygen atoms in total. The number of nitrogens with zero attached hydrogens (tertiary/aromatic N) is 2. The predicted octanol–water partition coefficient (Wildman–Crippen LogP) is 1.54. The highest BCUT2D eigenvalue weighted by Gasteiger charge is 2.27. The zero-order valence-corrected chi connectivity index (χ0v) is 17.5. The van der Waals surface area contributed by atoms with Gasteiger partial charge in [0.05, 0.1) is 4.90 Å². The third-order valence-electron chi connectivity index (χ3n) is 4.93. The fraction of sp³-hybridized carbons (Fsp3) is 0.579. The Bertz CT molecular complexity index is 826.